The molecule has 0 radical (unpaired) electrons. The fraction of sp³-hybridized carbons (Fsp3) is 0.760. The molecule has 0 amide bonds. The highest BCUT2D eigenvalue weighted by Gasteiger charge is 2.58. The molecule has 0 N–H and O–H groups in total. The molecule has 4 aliphatic carbocycles. The van der Waals surface area contributed by atoms with Gasteiger partial charge in [-0.05, 0) is 92.1 Å². The van der Waals surface area contributed by atoms with Crippen molar-refractivity contribution in [1.82, 2.24) is 0 Å². The summed E-state index contributed by atoms with van der Waals surface area (Å²) in [6.07, 6.45) is 15.0. The Labute approximate surface area is 170 Å². The number of allylic oxidation sites excluding steroid dienone is 4. The summed E-state index contributed by atoms with van der Waals surface area (Å²) in [6, 6.07) is 0. The molecule has 0 aromatic rings. The van der Waals surface area contributed by atoms with Gasteiger partial charge in [-0.2, -0.15) is 0 Å². The number of carbonyl (C=O) groups is 2. The molecule has 4 rings (SSSR count). The average Bonchev–Trinajstić information content (AvgIpc) is 3.03. The lowest BCUT2D eigenvalue weighted by molar-refractivity contribution is -0.141. The maximum Gasteiger partial charge on any atom is 0.305 e. The molecule has 28 heavy (non-hydrogen) atoms. The van der Waals surface area contributed by atoms with Gasteiger partial charge in [0.05, 0.1) is 7.11 Å². The number of methoxy groups -OCH3 is 1. The van der Waals surface area contributed by atoms with Gasteiger partial charge in [-0.3, -0.25) is 9.59 Å². The van der Waals surface area contributed by atoms with E-state index < -0.39 is 0 Å². The van der Waals surface area contributed by atoms with Gasteiger partial charge in [0.1, 0.15) is 0 Å². The van der Waals surface area contributed by atoms with E-state index >= 15 is 0 Å². The molecule has 0 unspecified atom stereocenters. The Hall–Kier alpha value is -1.38. The summed E-state index contributed by atoms with van der Waals surface area (Å²) in [5, 5.41) is 0. The number of fused-ring (bicyclic) bond motifs is 5. The predicted molar refractivity (Wildman–Crippen MR) is 111 cm³/mol. The van der Waals surface area contributed by atoms with Gasteiger partial charge < -0.3 is 4.74 Å². The van der Waals surface area contributed by atoms with Crippen molar-refractivity contribution in [2.24, 2.45) is 40.4 Å². The van der Waals surface area contributed by atoms with E-state index in [9.17, 15) is 9.59 Å². The molecular formula is C25H36O3. The van der Waals surface area contributed by atoms with Crippen LogP contribution in [0.2, 0.25) is 0 Å². The second-order valence-corrected chi connectivity index (χ2v) is 10.4. The molecule has 154 valence electrons. The lowest BCUT2D eigenvalue weighted by Gasteiger charge is -2.57. The molecule has 0 heterocycles. The Morgan fingerprint density at radius 2 is 2.00 bits per heavy atom. The molecule has 0 bridgehead atoms. The first-order valence-corrected chi connectivity index (χ1v) is 11.3. The zero-order valence-corrected chi connectivity index (χ0v) is 18.0. The van der Waals surface area contributed by atoms with Gasteiger partial charge in [0.15, 0.2) is 5.78 Å². The summed E-state index contributed by atoms with van der Waals surface area (Å²) in [4.78, 5) is 23.5. The van der Waals surface area contributed by atoms with Crippen LogP contribution in [-0.4, -0.2) is 18.9 Å². The Kier molecular flexibility index (Phi) is 5.08. The van der Waals surface area contributed by atoms with Crippen LogP contribution < -0.4 is 0 Å². The van der Waals surface area contributed by atoms with E-state index in [0.717, 1.165) is 30.6 Å². The summed E-state index contributed by atoms with van der Waals surface area (Å²) in [5.74, 6) is 3.64. The van der Waals surface area contributed by atoms with Crippen LogP contribution >= 0.6 is 0 Å². The molecule has 0 saturated heterocycles. The molecule has 3 nitrogen and oxygen atoms in total. The normalized spacial score (nSPS) is 42.9. The SMILES string of the molecule is COC(=O)CC[C@@H](C)[C@H]1CC[C@H]2[C@@H]3CCC4=CC(=O)C=C[C@]4(C)[C@H]3CC[C@]12C. The van der Waals surface area contributed by atoms with Crippen molar-refractivity contribution in [3.63, 3.8) is 0 Å². The number of ether oxygens (including phenoxy) is 1. The van der Waals surface area contributed by atoms with Crippen molar-refractivity contribution in [2.75, 3.05) is 7.11 Å². The van der Waals surface area contributed by atoms with Gasteiger partial charge in [-0.15, -0.1) is 0 Å². The molecule has 0 aromatic heterocycles. The third-order valence-corrected chi connectivity index (χ3v) is 9.35. The quantitative estimate of drug-likeness (QED) is 0.601. The van der Waals surface area contributed by atoms with Crippen LogP contribution in [-0.2, 0) is 14.3 Å². The summed E-state index contributed by atoms with van der Waals surface area (Å²) < 4.78 is 4.86. The highest BCUT2D eigenvalue weighted by Crippen LogP contribution is 2.67. The first kappa shape index (κ1) is 19.9. The maximum absolute atomic E-state index is 11.9. The third-order valence-electron chi connectivity index (χ3n) is 9.35. The summed E-state index contributed by atoms with van der Waals surface area (Å²) in [6.45, 7) is 7.28. The van der Waals surface area contributed by atoms with Gasteiger partial charge in [0.2, 0.25) is 0 Å². The second kappa shape index (κ2) is 7.15. The van der Waals surface area contributed by atoms with E-state index in [2.05, 4.69) is 26.8 Å². The molecule has 4 aliphatic rings. The van der Waals surface area contributed by atoms with Crippen molar-refractivity contribution in [3.05, 3.63) is 23.8 Å². The number of rotatable bonds is 4. The number of esters is 1. The molecule has 7 atom stereocenters. The number of carbonyl (C=O) groups excluding carboxylic acids is 2. The Morgan fingerprint density at radius 1 is 1.21 bits per heavy atom. The minimum atomic E-state index is -0.0755. The lowest BCUT2D eigenvalue weighted by Crippen LogP contribution is -2.50. The van der Waals surface area contributed by atoms with Crippen LogP contribution in [0.1, 0.15) is 72.1 Å². The van der Waals surface area contributed by atoms with Gasteiger partial charge in [0.25, 0.3) is 0 Å². The van der Waals surface area contributed by atoms with Gasteiger partial charge in [0, 0.05) is 11.8 Å². The van der Waals surface area contributed by atoms with Crippen LogP contribution in [0.5, 0.6) is 0 Å². The van der Waals surface area contributed by atoms with Gasteiger partial charge >= 0.3 is 5.97 Å². The maximum atomic E-state index is 11.9. The van der Waals surface area contributed by atoms with Crippen molar-refractivity contribution in [1.29, 1.82) is 0 Å². The Balaban J connectivity index is 1.52. The number of hydrogen-bond acceptors (Lipinski definition) is 3. The molecule has 3 fully saturated rings. The number of hydrogen-bond donors (Lipinski definition) is 0. The van der Waals surface area contributed by atoms with Crippen LogP contribution in [0.15, 0.2) is 23.8 Å². The average molecular weight is 385 g/mol. The fourth-order valence-corrected chi connectivity index (χ4v) is 7.82. The summed E-state index contributed by atoms with van der Waals surface area (Å²) in [7, 11) is 1.49. The summed E-state index contributed by atoms with van der Waals surface area (Å²) >= 11 is 0. The highest BCUT2D eigenvalue weighted by molar-refractivity contribution is 6.01. The van der Waals surface area contributed by atoms with Crippen molar-refractivity contribution in [3.8, 4) is 0 Å². The van der Waals surface area contributed by atoms with Crippen molar-refractivity contribution >= 4 is 11.8 Å². The minimum Gasteiger partial charge on any atom is -0.469 e. The van der Waals surface area contributed by atoms with E-state index in [1.807, 2.05) is 12.2 Å². The van der Waals surface area contributed by atoms with Crippen molar-refractivity contribution < 1.29 is 14.3 Å². The molecule has 0 spiro atoms. The Morgan fingerprint density at radius 3 is 2.75 bits per heavy atom. The van der Waals surface area contributed by atoms with E-state index in [0.29, 0.717) is 23.7 Å². The predicted octanol–water partition coefficient (Wildman–Crippen LogP) is 5.50. The van der Waals surface area contributed by atoms with Crippen LogP contribution in [0.25, 0.3) is 0 Å². The molecule has 0 aliphatic heterocycles. The molecule has 0 aromatic carbocycles. The van der Waals surface area contributed by atoms with Crippen LogP contribution in [0.4, 0.5) is 0 Å². The van der Waals surface area contributed by atoms with E-state index in [4.69, 9.17) is 4.74 Å². The molecule has 3 heteroatoms. The lowest BCUT2D eigenvalue weighted by atomic mass is 9.47. The highest BCUT2D eigenvalue weighted by atomic mass is 16.5. The zero-order valence-electron chi connectivity index (χ0n) is 18.0. The standard InChI is InChI=1S/C25H36O3/c1-16(5-10-23(27)28-4)20-8-9-21-19-7-6-17-15-18(26)11-13-24(17,2)22(19)12-14-25(20,21)3/h11,13,15-16,19-22H,5-10,12,14H2,1-4H3/t16-,19+,20-,21+,22+,24+,25-/m1/s1. The minimum absolute atomic E-state index is 0.0755. The molecular weight excluding hydrogens is 348 g/mol. The van der Waals surface area contributed by atoms with E-state index in [1.54, 1.807) is 0 Å². The topological polar surface area (TPSA) is 43.4 Å². The number of ketones is 1. The Bertz CT molecular complexity index is 719. The van der Waals surface area contributed by atoms with Crippen LogP contribution in [0, 0.1) is 40.4 Å². The van der Waals surface area contributed by atoms with E-state index in [-0.39, 0.29) is 17.2 Å². The van der Waals surface area contributed by atoms with Gasteiger partial charge in [-0.1, -0.05) is 32.4 Å². The first-order valence-electron chi connectivity index (χ1n) is 11.3. The van der Waals surface area contributed by atoms with Gasteiger partial charge in [-0.25, -0.2) is 0 Å². The molecule has 3 saturated carbocycles. The zero-order chi connectivity index (χ0) is 20.1. The monoisotopic (exact) mass is 384 g/mol. The van der Waals surface area contributed by atoms with Crippen LogP contribution in [0.3, 0.4) is 0 Å². The first-order chi connectivity index (χ1) is 13.3. The second-order valence-electron chi connectivity index (χ2n) is 10.4. The largest absolute Gasteiger partial charge is 0.469 e. The van der Waals surface area contributed by atoms with Crippen molar-refractivity contribution in [2.45, 2.75) is 72.1 Å². The van der Waals surface area contributed by atoms with E-state index in [1.165, 1.54) is 44.8 Å². The summed E-state index contributed by atoms with van der Waals surface area (Å²) in [5.41, 5.74) is 1.88. The fourth-order valence-electron chi connectivity index (χ4n) is 7.82. The third kappa shape index (κ3) is 3.00. The smallest absolute Gasteiger partial charge is 0.305 e.